The second kappa shape index (κ2) is 5.88. The quantitative estimate of drug-likeness (QED) is 0.891. The largest absolute Gasteiger partial charge is 0.312 e. The Morgan fingerprint density at radius 3 is 2.79 bits per heavy atom. The van der Waals surface area contributed by atoms with Gasteiger partial charge in [0.25, 0.3) is 5.56 Å². The van der Waals surface area contributed by atoms with Crippen molar-refractivity contribution in [2.75, 3.05) is 13.6 Å². The molecule has 0 fully saturated rings. The maximum atomic E-state index is 12.5. The smallest absolute Gasteiger partial charge is 0.255 e. The van der Waals surface area contributed by atoms with Crippen LogP contribution >= 0.6 is 0 Å². The van der Waals surface area contributed by atoms with Crippen LogP contribution in [0.2, 0.25) is 0 Å². The number of hydrogen-bond donors (Lipinski definition) is 1. The summed E-state index contributed by atoms with van der Waals surface area (Å²) < 4.78 is 1.96. The van der Waals surface area contributed by atoms with Gasteiger partial charge in [0, 0.05) is 49.9 Å². The van der Waals surface area contributed by atoms with Crippen molar-refractivity contribution in [1.82, 2.24) is 14.8 Å². The van der Waals surface area contributed by atoms with Crippen LogP contribution in [-0.2, 0) is 26.1 Å². The lowest BCUT2D eigenvalue weighted by Gasteiger charge is -2.28. The maximum Gasteiger partial charge on any atom is 0.255 e. The van der Waals surface area contributed by atoms with Gasteiger partial charge in [-0.2, -0.15) is 0 Å². The van der Waals surface area contributed by atoms with E-state index in [4.69, 9.17) is 0 Å². The van der Waals surface area contributed by atoms with Crippen molar-refractivity contribution in [3.63, 3.8) is 0 Å². The summed E-state index contributed by atoms with van der Waals surface area (Å²) in [5.41, 5.74) is 3.62. The van der Waals surface area contributed by atoms with Crippen LogP contribution in [-0.4, -0.2) is 29.1 Å². The molecule has 2 heterocycles. The summed E-state index contributed by atoms with van der Waals surface area (Å²) in [5.74, 6) is 0. The van der Waals surface area contributed by atoms with Crippen molar-refractivity contribution in [2.24, 2.45) is 0 Å². The Hall–Kier alpha value is -1.13. The van der Waals surface area contributed by atoms with E-state index in [0.29, 0.717) is 12.6 Å². The Morgan fingerprint density at radius 2 is 2.16 bits per heavy atom. The highest BCUT2D eigenvalue weighted by atomic mass is 16.1. The predicted molar refractivity (Wildman–Crippen MR) is 78.4 cm³/mol. The molecule has 0 saturated heterocycles. The second-order valence-corrected chi connectivity index (χ2v) is 5.71. The Morgan fingerprint density at radius 1 is 1.42 bits per heavy atom. The van der Waals surface area contributed by atoms with E-state index in [9.17, 15) is 4.79 Å². The first-order valence-electron chi connectivity index (χ1n) is 7.19. The fourth-order valence-corrected chi connectivity index (χ4v) is 2.70. The van der Waals surface area contributed by atoms with Crippen LogP contribution in [0.1, 0.15) is 37.6 Å². The zero-order valence-corrected chi connectivity index (χ0v) is 12.5. The molecule has 1 aromatic rings. The van der Waals surface area contributed by atoms with Gasteiger partial charge in [0.1, 0.15) is 0 Å². The first-order chi connectivity index (χ1) is 9.02. The van der Waals surface area contributed by atoms with E-state index in [1.54, 1.807) is 0 Å². The molecule has 0 aliphatic carbocycles. The summed E-state index contributed by atoms with van der Waals surface area (Å²) >= 11 is 0. The molecule has 4 nitrogen and oxygen atoms in total. The molecule has 0 atom stereocenters. The van der Waals surface area contributed by atoms with Gasteiger partial charge in [-0.15, -0.1) is 0 Å². The SMILES string of the molecule is CCn1c2c(cc(CNC(C)C)c1=O)CN(C)CC2. The van der Waals surface area contributed by atoms with Gasteiger partial charge in [-0.25, -0.2) is 0 Å². The summed E-state index contributed by atoms with van der Waals surface area (Å²) in [6.07, 6.45) is 0.979. The van der Waals surface area contributed by atoms with Crippen molar-refractivity contribution in [2.45, 2.75) is 52.9 Å². The van der Waals surface area contributed by atoms with Gasteiger partial charge < -0.3 is 14.8 Å². The Balaban J connectivity index is 2.40. The average molecular weight is 263 g/mol. The molecule has 1 N–H and O–H groups in total. The number of fused-ring (bicyclic) bond motifs is 1. The fraction of sp³-hybridized carbons (Fsp3) is 0.667. The van der Waals surface area contributed by atoms with Gasteiger partial charge in [0.05, 0.1) is 0 Å². The molecule has 0 radical (unpaired) electrons. The summed E-state index contributed by atoms with van der Waals surface area (Å²) in [6.45, 7) is 9.67. The highest BCUT2D eigenvalue weighted by Gasteiger charge is 2.19. The highest BCUT2D eigenvalue weighted by Crippen LogP contribution is 2.17. The van der Waals surface area contributed by atoms with Crippen LogP contribution in [0.4, 0.5) is 0 Å². The minimum atomic E-state index is 0.180. The number of likely N-dealkylation sites (N-methyl/N-ethyl adjacent to an activating group) is 1. The van der Waals surface area contributed by atoms with E-state index >= 15 is 0 Å². The van der Waals surface area contributed by atoms with E-state index < -0.39 is 0 Å². The average Bonchev–Trinajstić information content (AvgIpc) is 2.36. The van der Waals surface area contributed by atoms with E-state index in [1.165, 1.54) is 11.3 Å². The van der Waals surface area contributed by atoms with Crippen LogP contribution in [0, 0.1) is 0 Å². The van der Waals surface area contributed by atoms with Gasteiger partial charge in [0.15, 0.2) is 0 Å². The van der Waals surface area contributed by atoms with Gasteiger partial charge in [-0.1, -0.05) is 13.8 Å². The number of pyridine rings is 1. The molecule has 0 aromatic carbocycles. The third-order valence-electron chi connectivity index (χ3n) is 3.75. The molecule has 0 unspecified atom stereocenters. The molecular formula is C15H25N3O. The molecule has 0 amide bonds. The van der Waals surface area contributed by atoms with Crippen LogP contribution < -0.4 is 10.9 Å². The van der Waals surface area contributed by atoms with Crippen LogP contribution in [0.25, 0.3) is 0 Å². The molecule has 1 aromatic heterocycles. The van der Waals surface area contributed by atoms with Crippen molar-refractivity contribution in [3.8, 4) is 0 Å². The lowest BCUT2D eigenvalue weighted by molar-refractivity contribution is 0.304. The summed E-state index contributed by atoms with van der Waals surface area (Å²) in [6, 6.07) is 2.50. The highest BCUT2D eigenvalue weighted by molar-refractivity contribution is 5.29. The van der Waals surface area contributed by atoms with Crippen molar-refractivity contribution < 1.29 is 0 Å². The third kappa shape index (κ3) is 3.07. The number of rotatable bonds is 4. The number of nitrogens with one attached hydrogen (secondary N) is 1. The molecular weight excluding hydrogens is 238 g/mol. The topological polar surface area (TPSA) is 37.3 Å². The molecule has 1 aliphatic rings. The molecule has 1 aliphatic heterocycles. The molecule has 0 spiro atoms. The molecule has 2 rings (SSSR count). The second-order valence-electron chi connectivity index (χ2n) is 5.71. The Labute approximate surface area is 115 Å². The van der Waals surface area contributed by atoms with Crippen LogP contribution in [0.5, 0.6) is 0 Å². The Kier molecular flexibility index (Phi) is 4.42. The molecule has 0 saturated carbocycles. The lowest BCUT2D eigenvalue weighted by atomic mass is 10.0. The fourth-order valence-electron chi connectivity index (χ4n) is 2.70. The van der Waals surface area contributed by atoms with Crippen molar-refractivity contribution >= 4 is 0 Å². The molecule has 106 valence electrons. The predicted octanol–water partition coefficient (Wildman–Crippen LogP) is 1.35. The maximum absolute atomic E-state index is 12.5. The van der Waals surface area contributed by atoms with E-state index in [-0.39, 0.29) is 5.56 Å². The zero-order chi connectivity index (χ0) is 14.0. The minimum absolute atomic E-state index is 0.180. The molecule has 4 heteroatoms. The van der Waals surface area contributed by atoms with Gasteiger partial charge >= 0.3 is 0 Å². The monoisotopic (exact) mass is 263 g/mol. The van der Waals surface area contributed by atoms with Gasteiger partial charge in [0.2, 0.25) is 0 Å². The standard InChI is InChI=1S/C15H25N3O/c1-5-18-14-6-7-17(4)10-13(14)8-12(15(18)19)9-16-11(2)3/h8,11,16H,5-7,9-10H2,1-4H3. The zero-order valence-electron chi connectivity index (χ0n) is 12.5. The number of nitrogens with zero attached hydrogens (tertiary/aromatic N) is 2. The Bertz CT molecular complexity index is 505. The van der Waals surface area contributed by atoms with Crippen molar-refractivity contribution in [1.29, 1.82) is 0 Å². The first kappa shape index (κ1) is 14.3. The van der Waals surface area contributed by atoms with Gasteiger partial charge in [-0.05, 0) is 25.6 Å². The van der Waals surface area contributed by atoms with E-state index in [1.807, 2.05) is 4.57 Å². The summed E-state index contributed by atoms with van der Waals surface area (Å²) in [4.78, 5) is 14.8. The summed E-state index contributed by atoms with van der Waals surface area (Å²) in [5, 5.41) is 3.34. The van der Waals surface area contributed by atoms with Crippen molar-refractivity contribution in [3.05, 3.63) is 33.2 Å². The van der Waals surface area contributed by atoms with Gasteiger partial charge in [-0.3, -0.25) is 4.79 Å². The molecule has 0 bridgehead atoms. The third-order valence-corrected chi connectivity index (χ3v) is 3.75. The summed E-state index contributed by atoms with van der Waals surface area (Å²) in [7, 11) is 2.14. The minimum Gasteiger partial charge on any atom is -0.312 e. The van der Waals surface area contributed by atoms with Crippen LogP contribution in [0.3, 0.4) is 0 Å². The number of aromatic nitrogens is 1. The van der Waals surface area contributed by atoms with E-state index in [2.05, 4.69) is 44.1 Å². The van der Waals surface area contributed by atoms with E-state index in [0.717, 1.165) is 31.6 Å². The molecule has 19 heavy (non-hydrogen) atoms. The number of hydrogen-bond acceptors (Lipinski definition) is 3. The first-order valence-corrected chi connectivity index (χ1v) is 7.19. The van der Waals surface area contributed by atoms with Crippen LogP contribution in [0.15, 0.2) is 10.9 Å². The normalized spacial score (nSPS) is 15.8. The lowest BCUT2D eigenvalue weighted by Crippen LogP contribution is -2.36.